The molecule has 7 nitrogen and oxygen atoms in total. The van der Waals surface area contributed by atoms with Gasteiger partial charge in [0.05, 0.1) is 37.3 Å². The summed E-state index contributed by atoms with van der Waals surface area (Å²) in [6, 6.07) is 12.6. The van der Waals surface area contributed by atoms with Crippen LogP contribution in [0.25, 0.3) is 0 Å². The molecule has 3 rings (SSSR count). The fraction of sp³-hybridized carbons (Fsp3) is 0.333. The summed E-state index contributed by atoms with van der Waals surface area (Å²) < 4.78 is 15.7. The molecule has 7 heteroatoms. The van der Waals surface area contributed by atoms with Crippen LogP contribution in [0.2, 0.25) is 0 Å². The van der Waals surface area contributed by atoms with Gasteiger partial charge in [0, 0.05) is 13.1 Å². The number of rotatable bonds is 6. The maximum absolute atomic E-state index is 12.4. The van der Waals surface area contributed by atoms with E-state index in [1.165, 1.54) is 7.11 Å². The van der Waals surface area contributed by atoms with Crippen LogP contribution in [0.1, 0.15) is 15.9 Å². The lowest BCUT2D eigenvalue weighted by atomic mass is 10.1. The average molecular weight is 384 g/mol. The van der Waals surface area contributed by atoms with Gasteiger partial charge in [-0.1, -0.05) is 17.7 Å². The summed E-state index contributed by atoms with van der Waals surface area (Å²) in [6.45, 7) is 4.50. The van der Waals surface area contributed by atoms with E-state index in [9.17, 15) is 9.59 Å². The Kier molecular flexibility index (Phi) is 6.49. The third kappa shape index (κ3) is 5.01. The number of ether oxygens (including phenoxy) is 3. The Morgan fingerprint density at radius 2 is 1.82 bits per heavy atom. The number of morpholine rings is 1. The van der Waals surface area contributed by atoms with Crippen LogP contribution in [0.5, 0.6) is 5.75 Å². The average Bonchev–Trinajstić information content (AvgIpc) is 2.73. The first-order valence-electron chi connectivity index (χ1n) is 9.11. The van der Waals surface area contributed by atoms with Crippen molar-refractivity contribution in [1.82, 2.24) is 0 Å². The van der Waals surface area contributed by atoms with Crippen molar-refractivity contribution in [2.24, 2.45) is 0 Å². The molecule has 0 radical (unpaired) electrons. The molecule has 2 aromatic carbocycles. The molecule has 1 aliphatic heterocycles. The zero-order valence-electron chi connectivity index (χ0n) is 16.1. The Hall–Kier alpha value is -3.06. The standard InChI is InChI=1S/C21H24N2O5/c1-15-3-6-17(7-4-15)28-14-20(24)22-18-13-16(21(25)26-2)5-8-19(18)23-9-11-27-12-10-23/h3-8,13H,9-12,14H2,1-2H3,(H,22,24). The van der Waals surface area contributed by atoms with Gasteiger partial charge in [0.2, 0.25) is 0 Å². The van der Waals surface area contributed by atoms with Crippen molar-refractivity contribution in [1.29, 1.82) is 0 Å². The van der Waals surface area contributed by atoms with Crippen LogP contribution in [0.15, 0.2) is 42.5 Å². The van der Waals surface area contributed by atoms with E-state index in [0.29, 0.717) is 43.3 Å². The first-order chi connectivity index (χ1) is 13.6. The van der Waals surface area contributed by atoms with Gasteiger partial charge in [0.15, 0.2) is 6.61 Å². The van der Waals surface area contributed by atoms with E-state index in [1.54, 1.807) is 12.1 Å². The Bertz CT molecular complexity index is 829. The summed E-state index contributed by atoms with van der Waals surface area (Å²) in [5, 5.41) is 2.85. The number of esters is 1. The van der Waals surface area contributed by atoms with Crippen molar-refractivity contribution in [3.8, 4) is 5.75 Å². The van der Waals surface area contributed by atoms with Crippen molar-refractivity contribution in [3.63, 3.8) is 0 Å². The fourth-order valence-electron chi connectivity index (χ4n) is 2.93. The lowest BCUT2D eigenvalue weighted by Crippen LogP contribution is -2.37. The van der Waals surface area contributed by atoms with Gasteiger partial charge in [0.1, 0.15) is 5.75 Å². The molecule has 1 fully saturated rings. The largest absolute Gasteiger partial charge is 0.484 e. The minimum Gasteiger partial charge on any atom is -0.484 e. The predicted octanol–water partition coefficient (Wildman–Crippen LogP) is 2.64. The predicted molar refractivity (Wildman–Crippen MR) is 106 cm³/mol. The van der Waals surface area contributed by atoms with Crippen molar-refractivity contribution in [2.75, 3.05) is 50.2 Å². The zero-order chi connectivity index (χ0) is 19.9. The minimum absolute atomic E-state index is 0.131. The second kappa shape index (κ2) is 9.23. The van der Waals surface area contributed by atoms with Gasteiger partial charge in [0.25, 0.3) is 5.91 Å². The van der Waals surface area contributed by atoms with Gasteiger partial charge in [-0.3, -0.25) is 4.79 Å². The van der Waals surface area contributed by atoms with Crippen molar-refractivity contribution < 1.29 is 23.8 Å². The van der Waals surface area contributed by atoms with Crippen molar-refractivity contribution in [2.45, 2.75) is 6.92 Å². The van der Waals surface area contributed by atoms with Gasteiger partial charge in [-0.25, -0.2) is 4.79 Å². The zero-order valence-corrected chi connectivity index (χ0v) is 16.1. The molecule has 0 saturated carbocycles. The molecule has 1 N–H and O–H groups in total. The number of hydrogen-bond donors (Lipinski definition) is 1. The SMILES string of the molecule is COC(=O)c1ccc(N2CCOCC2)c(NC(=O)COc2ccc(C)cc2)c1. The molecule has 0 aromatic heterocycles. The van der Waals surface area contributed by atoms with Crippen molar-refractivity contribution >= 4 is 23.3 Å². The van der Waals surface area contributed by atoms with Crippen LogP contribution in [0.4, 0.5) is 11.4 Å². The minimum atomic E-state index is -0.458. The smallest absolute Gasteiger partial charge is 0.337 e. The lowest BCUT2D eigenvalue weighted by molar-refractivity contribution is -0.118. The Morgan fingerprint density at radius 1 is 1.11 bits per heavy atom. The van der Waals surface area contributed by atoms with Gasteiger partial charge in [-0.2, -0.15) is 0 Å². The van der Waals surface area contributed by atoms with Gasteiger partial charge < -0.3 is 24.4 Å². The van der Waals surface area contributed by atoms with Crippen molar-refractivity contribution in [3.05, 3.63) is 53.6 Å². The molecule has 0 unspecified atom stereocenters. The van der Waals surface area contributed by atoms with E-state index in [0.717, 1.165) is 11.3 Å². The van der Waals surface area contributed by atoms with Crippen LogP contribution in [-0.2, 0) is 14.3 Å². The third-order valence-corrected chi connectivity index (χ3v) is 4.43. The molecule has 0 spiro atoms. The number of nitrogens with zero attached hydrogens (tertiary/aromatic N) is 1. The number of carbonyl (C=O) groups is 2. The lowest BCUT2D eigenvalue weighted by Gasteiger charge is -2.30. The first kappa shape index (κ1) is 19.7. The van der Waals surface area contributed by atoms with Crippen LogP contribution < -0.4 is 15.0 Å². The molecule has 0 bridgehead atoms. The van der Waals surface area contributed by atoms with Crippen LogP contribution >= 0.6 is 0 Å². The van der Waals surface area contributed by atoms with E-state index < -0.39 is 5.97 Å². The van der Waals surface area contributed by atoms with E-state index >= 15 is 0 Å². The molecule has 28 heavy (non-hydrogen) atoms. The number of amides is 1. The molecule has 148 valence electrons. The maximum atomic E-state index is 12.4. The number of benzene rings is 2. The van der Waals surface area contributed by atoms with Crippen LogP contribution in [0, 0.1) is 6.92 Å². The summed E-state index contributed by atoms with van der Waals surface area (Å²) in [4.78, 5) is 26.4. The van der Waals surface area contributed by atoms with E-state index in [2.05, 4.69) is 10.2 Å². The normalized spacial score (nSPS) is 13.7. The highest BCUT2D eigenvalue weighted by Crippen LogP contribution is 2.28. The summed E-state index contributed by atoms with van der Waals surface area (Å²) in [6.07, 6.45) is 0. The highest BCUT2D eigenvalue weighted by Gasteiger charge is 2.18. The fourth-order valence-corrected chi connectivity index (χ4v) is 2.93. The molecule has 1 heterocycles. The molecule has 1 aliphatic rings. The summed E-state index contributed by atoms with van der Waals surface area (Å²) in [5.41, 5.74) is 2.86. The number of hydrogen-bond acceptors (Lipinski definition) is 6. The van der Waals surface area contributed by atoms with E-state index in [-0.39, 0.29) is 12.5 Å². The number of methoxy groups -OCH3 is 1. The quantitative estimate of drug-likeness (QED) is 0.772. The third-order valence-electron chi connectivity index (χ3n) is 4.43. The second-order valence-corrected chi connectivity index (χ2v) is 6.47. The number of nitrogens with one attached hydrogen (secondary N) is 1. The highest BCUT2D eigenvalue weighted by molar-refractivity contribution is 5.98. The second-order valence-electron chi connectivity index (χ2n) is 6.47. The van der Waals surface area contributed by atoms with Gasteiger partial charge in [-0.15, -0.1) is 0 Å². The molecular weight excluding hydrogens is 360 g/mol. The summed E-state index contributed by atoms with van der Waals surface area (Å²) >= 11 is 0. The van der Waals surface area contributed by atoms with Crippen LogP contribution in [0.3, 0.4) is 0 Å². The topological polar surface area (TPSA) is 77.1 Å². The molecular formula is C21H24N2O5. The molecule has 0 aliphatic carbocycles. The first-order valence-corrected chi connectivity index (χ1v) is 9.11. The van der Waals surface area contributed by atoms with E-state index in [1.807, 2.05) is 37.3 Å². The highest BCUT2D eigenvalue weighted by atomic mass is 16.5. The molecule has 2 aromatic rings. The Balaban J connectivity index is 1.74. The monoisotopic (exact) mass is 384 g/mol. The number of carbonyl (C=O) groups excluding carboxylic acids is 2. The van der Waals surface area contributed by atoms with Gasteiger partial charge >= 0.3 is 5.97 Å². The molecule has 1 amide bonds. The van der Waals surface area contributed by atoms with Gasteiger partial charge in [-0.05, 0) is 37.3 Å². The Morgan fingerprint density at radius 3 is 2.50 bits per heavy atom. The molecule has 0 atom stereocenters. The molecule has 1 saturated heterocycles. The van der Waals surface area contributed by atoms with Crippen LogP contribution in [-0.4, -0.2) is 51.9 Å². The Labute approximate surface area is 164 Å². The summed E-state index contributed by atoms with van der Waals surface area (Å²) in [7, 11) is 1.33. The number of anilines is 2. The summed E-state index contributed by atoms with van der Waals surface area (Å²) in [5.74, 6) is -0.144. The van der Waals surface area contributed by atoms with E-state index in [4.69, 9.17) is 14.2 Å². The number of aryl methyl sites for hydroxylation is 1. The maximum Gasteiger partial charge on any atom is 0.337 e.